The van der Waals surface area contributed by atoms with Gasteiger partial charge in [0.05, 0.1) is 6.54 Å². The lowest BCUT2D eigenvalue weighted by molar-refractivity contribution is -0.149. The Labute approximate surface area is 96.7 Å². The molecule has 1 heterocycles. The van der Waals surface area contributed by atoms with Gasteiger partial charge in [0.2, 0.25) is 11.8 Å². The van der Waals surface area contributed by atoms with Crippen molar-refractivity contribution < 1.29 is 9.59 Å². The van der Waals surface area contributed by atoms with Gasteiger partial charge in [-0.15, -0.1) is 0 Å². The highest BCUT2D eigenvalue weighted by molar-refractivity contribution is 5.98. The lowest BCUT2D eigenvalue weighted by Gasteiger charge is -2.40. The highest BCUT2D eigenvalue weighted by Crippen LogP contribution is 2.21. The predicted octanol–water partition coefficient (Wildman–Crippen LogP) is 1.08. The Bertz CT molecular complexity index is 306. The number of piperazine rings is 1. The van der Waals surface area contributed by atoms with Crippen molar-refractivity contribution in [2.75, 3.05) is 13.1 Å². The molecule has 0 aromatic rings. The van der Waals surface area contributed by atoms with Gasteiger partial charge in [-0.05, 0) is 19.8 Å². The van der Waals surface area contributed by atoms with Crippen LogP contribution in [-0.4, -0.2) is 35.3 Å². The van der Waals surface area contributed by atoms with Gasteiger partial charge in [-0.3, -0.25) is 9.59 Å². The maximum absolute atomic E-state index is 12.2. The monoisotopic (exact) mass is 224 g/mol. The third kappa shape index (κ3) is 2.26. The summed E-state index contributed by atoms with van der Waals surface area (Å²) >= 11 is 0. The van der Waals surface area contributed by atoms with E-state index in [2.05, 4.69) is 5.32 Å². The van der Waals surface area contributed by atoms with Crippen LogP contribution in [0.3, 0.4) is 0 Å². The molecule has 90 valence electrons. The van der Waals surface area contributed by atoms with Crippen molar-refractivity contribution in [2.24, 2.45) is 0 Å². The maximum atomic E-state index is 12.2. The number of allylic oxidation sites excluding steroid dienone is 1. The third-order valence-corrected chi connectivity index (χ3v) is 3.18. The second-order valence-electron chi connectivity index (χ2n) is 4.09. The Balaban J connectivity index is 2.89. The van der Waals surface area contributed by atoms with Crippen molar-refractivity contribution in [1.82, 2.24) is 10.2 Å². The Morgan fingerprint density at radius 3 is 2.50 bits per heavy atom. The van der Waals surface area contributed by atoms with E-state index in [0.29, 0.717) is 19.4 Å². The quantitative estimate of drug-likeness (QED) is 0.726. The second-order valence-corrected chi connectivity index (χ2v) is 4.09. The van der Waals surface area contributed by atoms with Crippen LogP contribution in [-0.2, 0) is 9.59 Å². The summed E-state index contributed by atoms with van der Waals surface area (Å²) in [7, 11) is 0. The molecule has 0 atom stereocenters. The molecule has 1 aliphatic rings. The van der Waals surface area contributed by atoms with Crippen LogP contribution in [0.15, 0.2) is 12.2 Å². The summed E-state index contributed by atoms with van der Waals surface area (Å²) in [6, 6.07) is 0. The van der Waals surface area contributed by atoms with E-state index in [0.717, 1.165) is 0 Å². The maximum Gasteiger partial charge on any atom is 0.249 e. The highest BCUT2D eigenvalue weighted by Gasteiger charge is 2.43. The number of carbonyl (C=O) groups excluding carboxylic acids is 2. The number of rotatable bonds is 4. The van der Waals surface area contributed by atoms with E-state index in [1.807, 2.05) is 32.9 Å². The first-order valence-electron chi connectivity index (χ1n) is 5.81. The first-order chi connectivity index (χ1) is 7.59. The molecule has 4 nitrogen and oxygen atoms in total. The Hall–Kier alpha value is -1.32. The smallest absolute Gasteiger partial charge is 0.249 e. The molecule has 1 aliphatic heterocycles. The molecule has 0 saturated carbocycles. The molecule has 0 aromatic heterocycles. The number of carbonyl (C=O) groups is 2. The van der Waals surface area contributed by atoms with Gasteiger partial charge in [0.25, 0.3) is 0 Å². The van der Waals surface area contributed by atoms with Crippen molar-refractivity contribution in [3.05, 3.63) is 12.2 Å². The van der Waals surface area contributed by atoms with E-state index in [1.54, 1.807) is 4.90 Å². The predicted molar refractivity (Wildman–Crippen MR) is 62.8 cm³/mol. The van der Waals surface area contributed by atoms with Crippen LogP contribution in [0.1, 0.15) is 33.6 Å². The van der Waals surface area contributed by atoms with Crippen LogP contribution in [0.25, 0.3) is 0 Å². The standard InChI is InChI=1S/C12H20N2O2/c1-4-7-8-14-9-10(15)13-12(5-2,6-3)11(14)16/h4,7H,5-6,8-9H2,1-3H3,(H,13,15)/b7-4+. The molecule has 0 radical (unpaired) electrons. The number of nitrogens with zero attached hydrogens (tertiary/aromatic N) is 1. The van der Waals surface area contributed by atoms with Crippen molar-refractivity contribution in [2.45, 2.75) is 39.2 Å². The van der Waals surface area contributed by atoms with Crippen LogP contribution < -0.4 is 5.32 Å². The average molecular weight is 224 g/mol. The van der Waals surface area contributed by atoms with Gasteiger partial charge in [0.15, 0.2) is 0 Å². The molecule has 1 N–H and O–H groups in total. The molecule has 16 heavy (non-hydrogen) atoms. The average Bonchev–Trinajstić information content (AvgIpc) is 2.30. The van der Waals surface area contributed by atoms with E-state index in [-0.39, 0.29) is 18.4 Å². The molecule has 0 bridgehead atoms. The molecular weight excluding hydrogens is 204 g/mol. The summed E-state index contributed by atoms with van der Waals surface area (Å²) < 4.78 is 0. The van der Waals surface area contributed by atoms with Gasteiger partial charge in [0.1, 0.15) is 5.54 Å². The van der Waals surface area contributed by atoms with E-state index < -0.39 is 5.54 Å². The minimum atomic E-state index is -0.684. The molecule has 0 unspecified atom stereocenters. The summed E-state index contributed by atoms with van der Waals surface area (Å²) in [4.78, 5) is 25.4. The van der Waals surface area contributed by atoms with Crippen LogP contribution in [0.5, 0.6) is 0 Å². The molecule has 4 heteroatoms. The fraction of sp³-hybridized carbons (Fsp3) is 0.667. The van der Waals surface area contributed by atoms with Gasteiger partial charge in [-0.1, -0.05) is 26.0 Å². The zero-order valence-electron chi connectivity index (χ0n) is 10.2. The lowest BCUT2D eigenvalue weighted by Crippen LogP contribution is -2.66. The van der Waals surface area contributed by atoms with Crippen LogP contribution in [0, 0.1) is 0 Å². The Kier molecular flexibility index (Phi) is 4.10. The van der Waals surface area contributed by atoms with Crippen molar-refractivity contribution in [1.29, 1.82) is 0 Å². The Morgan fingerprint density at radius 1 is 1.38 bits per heavy atom. The largest absolute Gasteiger partial charge is 0.340 e. The van der Waals surface area contributed by atoms with Crippen molar-refractivity contribution in [3.8, 4) is 0 Å². The van der Waals surface area contributed by atoms with E-state index in [1.165, 1.54) is 0 Å². The summed E-state index contributed by atoms with van der Waals surface area (Å²) in [5.41, 5.74) is -0.684. The van der Waals surface area contributed by atoms with E-state index >= 15 is 0 Å². The minimum Gasteiger partial charge on any atom is -0.340 e. The van der Waals surface area contributed by atoms with E-state index in [9.17, 15) is 9.59 Å². The molecule has 0 aliphatic carbocycles. The zero-order chi connectivity index (χ0) is 12.2. The first kappa shape index (κ1) is 12.7. The van der Waals surface area contributed by atoms with Gasteiger partial charge in [-0.2, -0.15) is 0 Å². The van der Waals surface area contributed by atoms with Gasteiger partial charge in [0, 0.05) is 6.54 Å². The van der Waals surface area contributed by atoms with Crippen molar-refractivity contribution >= 4 is 11.8 Å². The molecule has 2 amide bonds. The molecule has 0 aromatic carbocycles. The molecular formula is C12H20N2O2. The normalized spacial score (nSPS) is 20.3. The Morgan fingerprint density at radius 2 is 2.00 bits per heavy atom. The molecule has 1 fully saturated rings. The number of hydrogen-bond donors (Lipinski definition) is 1. The first-order valence-corrected chi connectivity index (χ1v) is 5.81. The highest BCUT2D eigenvalue weighted by atomic mass is 16.2. The summed E-state index contributed by atoms with van der Waals surface area (Å²) in [6.07, 6.45) is 5.06. The van der Waals surface area contributed by atoms with Crippen LogP contribution >= 0.6 is 0 Å². The van der Waals surface area contributed by atoms with Crippen LogP contribution in [0.2, 0.25) is 0 Å². The minimum absolute atomic E-state index is 0.0372. The summed E-state index contributed by atoms with van der Waals surface area (Å²) in [5.74, 6) is -0.0250. The van der Waals surface area contributed by atoms with Gasteiger partial charge >= 0.3 is 0 Å². The summed E-state index contributed by atoms with van der Waals surface area (Å²) in [6.45, 7) is 6.46. The fourth-order valence-electron chi connectivity index (χ4n) is 2.02. The SMILES string of the molecule is C/C=C/CN1CC(=O)NC(CC)(CC)C1=O. The number of nitrogens with one attached hydrogen (secondary N) is 1. The van der Waals surface area contributed by atoms with Gasteiger partial charge < -0.3 is 10.2 Å². The van der Waals surface area contributed by atoms with E-state index in [4.69, 9.17) is 0 Å². The van der Waals surface area contributed by atoms with Crippen molar-refractivity contribution in [3.63, 3.8) is 0 Å². The molecule has 1 rings (SSSR count). The molecule has 0 spiro atoms. The number of amides is 2. The van der Waals surface area contributed by atoms with Gasteiger partial charge in [-0.25, -0.2) is 0 Å². The second kappa shape index (κ2) is 5.14. The number of hydrogen-bond acceptors (Lipinski definition) is 2. The molecule has 1 saturated heterocycles. The lowest BCUT2D eigenvalue weighted by atomic mass is 9.89. The zero-order valence-corrected chi connectivity index (χ0v) is 10.2. The van der Waals surface area contributed by atoms with Crippen LogP contribution in [0.4, 0.5) is 0 Å². The third-order valence-electron chi connectivity index (χ3n) is 3.18. The topological polar surface area (TPSA) is 49.4 Å². The fourth-order valence-corrected chi connectivity index (χ4v) is 2.02. The summed E-state index contributed by atoms with van der Waals surface area (Å²) in [5, 5.41) is 2.83.